The quantitative estimate of drug-likeness (QED) is 0.817. The molecule has 1 atom stereocenters. The fourth-order valence-corrected chi connectivity index (χ4v) is 3.55. The molecule has 1 heterocycles. The molecule has 1 aromatic heterocycles. The van der Waals surface area contributed by atoms with Crippen LogP contribution in [-0.4, -0.2) is 6.04 Å². The molecule has 0 amide bonds. The molecule has 19 heavy (non-hydrogen) atoms. The highest BCUT2D eigenvalue weighted by Crippen LogP contribution is 2.30. The molecule has 1 N–H and O–H groups in total. The molecule has 1 aromatic rings. The van der Waals surface area contributed by atoms with Crippen LogP contribution >= 0.6 is 0 Å². The van der Waals surface area contributed by atoms with Crippen molar-refractivity contribution in [2.75, 3.05) is 0 Å². The van der Waals surface area contributed by atoms with Crippen molar-refractivity contribution in [2.24, 2.45) is 5.92 Å². The minimum Gasteiger partial charge on any atom is -0.466 e. The van der Waals surface area contributed by atoms with E-state index in [-0.39, 0.29) is 0 Å². The number of nitrogens with one attached hydrogen (secondary N) is 1. The lowest BCUT2D eigenvalue weighted by Crippen LogP contribution is -2.35. The van der Waals surface area contributed by atoms with Gasteiger partial charge in [-0.15, -0.1) is 0 Å². The van der Waals surface area contributed by atoms with Crippen molar-refractivity contribution in [3.8, 4) is 0 Å². The molecule has 0 spiro atoms. The molecule has 2 nitrogen and oxygen atoms in total. The van der Waals surface area contributed by atoms with Crippen molar-refractivity contribution in [3.05, 3.63) is 23.2 Å². The maximum absolute atomic E-state index is 5.63. The minimum absolute atomic E-state index is 0.408. The van der Waals surface area contributed by atoms with Crippen LogP contribution in [0.1, 0.15) is 75.5 Å². The molecule has 1 unspecified atom stereocenters. The summed E-state index contributed by atoms with van der Waals surface area (Å²) in [5.74, 6) is 3.07. The Kier molecular flexibility index (Phi) is 5.09. The maximum Gasteiger partial charge on any atom is 0.105 e. The van der Waals surface area contributed by atoms with Crippen LogP contribution in [0.25, 0.3) is 0 Å². The molecule has 2 heteroatoms. The number of aryl methyl sites for hydroxylation is 2. The Hall–Kier alpha value is -0.760. The predicted molar refractivity (Wildman–Crippen MR) is 80.4 cm³/mol. The van der Waals surface area contributed by atoms with E-state index in [1.807, 2.05) is 6.92 Å². The molecule has 0 saturated heterocycles. The zero-order valence-electron chi connectivity index (χ0n) is 13.0. The number of hydrogen-bond donors (Lipinski definition) is 1. The van der Waals surface area contributed by atoms with Gasteiger partial charge in [0.15, 0.2) is 0 Å². The van der Waals surface area contributed by atoms with Crippen molar-refractivity contribution in [2.45, 2.75) is 78.3 Å². The summed E-state index contributed by atoms with van der Waals surface area (Å²) >= 11 is 0. The van der Waals surface area contributed by atoms with Gasteiger partial charge in [-0.1, -0.05) is 19.8 Å². The molecule has 2 rings (SSSR count). The van der Waals surface area contributed by atoms with Crippen molar-refractivity contribution in [3.63, 3.8) is 0 Å². The normalized spacial score (nSPS) is 25.5. The van der Waals surface area contributed by atoms with Crippen molar-refractivity contribution < 1.29 is 4.42 Å². The van der Waals surface area contributed by atoms with Crippen LogP contribution in [0.2, 0.25) is 0 Å². The van der Waals surface area contributed by atoms with E-state index in [0.717, 1.165) is 17.4 Å². The first kappa shape index (κ1) is 14.6. The van der Waals surface area contributed by atoms with Crippen molar-refractivity contribution in [1.29, 1.82) is 0 Å². The first-order valence-electron chi connectivity index (χ1n) is 7.93. The lowest BCUT2D eigenvalue weighted by Gasteiger charge is -2.31. The van der Waals surface area contributed by atoms with Gasteiger partial charge in [0, 0.05) is 17.6 Å². The van der Waals surface area contributed by atoms with Crippen LogP contribution in [0.5, 0.6) is 0 Å². The van der Waals surface area contributed by atoms with E-state index < -0.39 is 0 Å². The summed E-state index contributed by atoms with van der Waals surface area (Å²) in [4.78, 5) is 0. The zero-order chi connectivity index (χ0) is 13.8. The topological polar surface area (TPSA) is 25.2 Å². The average Bonchev–Trinajstić information content (AvgIpc) is 2.71. The van der Waals surface area contributed by atoms with E-state index in [1.54, 1.807) is 0 Å². The second-order valence-corrected chi connectivity index (χ2v) is 6.26. The maximum atomic E-state index is 5.63. The van der Waals surface area contributed by atoms with Gasteiger partial charge < -0.3 is 9.73 Å². The second-order valence-electron chi connectivity index (χ2n) is 6.26. The van der Waals surface area contributed by atoms with E-state index in [9.17, 15) is 0 Å². The van der Waals surface area contributed by atoms with Crippen LogP contribution in [0.15, 0.2) is 10.5 Å². The Morgan fingerprint density at radius 3 is 2.47 bits per heavy atom. The molecule has 0 aromatic carbocycles. The van der Waals surface area contributed by atoms with Gasteiger partial charge >= 0.3 is 0 Å². The van der Waals surface area contributed by atoms with E-state index in [0.29, 0.717) is 12.1 Å². The first-order chi connectivity index (χ1) is 9.10. The van der Waals surface area contributed by atoms with Gasteiger partial charge in [-0.3, -0.25) is 0 Å². The third-order valence-corrected chi connectivity index (χ3v) is 4.58. The molecule has 0 radical (unpaired) electrons. The molecule has 1 aliphatic carbocycles. The average molecular weight is 263 g/mol. The SMILES string of the molecule is CCCC1CCC(NC(C)c2cc(C)oc2C)CC1. The van der Waals surface area contributed by atoms with Crippen LogP contribution in [0.3, 0.4) is 0 Å². The molecule has 1 aliphatic rings. The van der Waals surface area contributed by atoms with E-state index in [1.165, 1.54) is 44.1 Å². The van der Waals surface area contributed by atoms with Crippen molar-refractivity contribution >= 4 is 0 Å². The Labute approximate surface area is 118 Å². The largest absolute Gasteiger partial charge is 0.466 e. The van der Waals surface area contributed by atoms with E-state index in [4.69, 9.17) is 4.42 Å². The van der Waals surface area contributed by atoms with E-state index in [2.05, 4.69) is 32.2 Å². The summed E-state index contributed by atoms with van der Waals surface area (Å²) in [5, 5.41) is 3.79. The highest BCUT2D eigenvalue weighted by molar-refractivity contribution is 5.23. The van der Waals surface area contributed by atoms with Crippen molar-refractivity contribution in [1.82, 2.24) is 5.32 Å². The molecule has 108 valence electrons. The lowest BCUT2D eigenvalue weighted by molar-refractivity contribution is 0.266. The summed E-state index contributed by atoms with van der Waals surface area (Å²) in [6.45, 7) is 8.66. The van der Waals surface area contributed by atoms with E-state index >= 15 is 0 Å². The lowest BCUT2D eigenvalue weighted by atomic mass is 9.83. The van der Waals surface area contributed by atoms with Crippen LogP contribution in [-0.2, 0) is 0 Å². The minimum atomic E-state index is 0.408. The molecular weight excluding hydrogens is 234 g/mol. The van der Waals surface area contributed by atoms with Crippen LogP contribution in [0, 0.1) is 19.8 Å². The highest BCUT2D eigenvalue weighted by atomic mass is 16.3. The Bertz CT molecular complexity index is 388. The Morgan fingerprint density at radius 2 is 1.95 bits per heavy atom. The summed E-state index contributed by atoms with van der Waals surface area (Å²) in [5.41, 5.74) is 1.33. The summed E-state index contributed by atoms with van der Waals surface area (Å²) < 4.78 is 5.63. The third-order valence-electron chi connectivity index (χ3n) is 4.58. The Balaban J connectivity index is 1.84. The molecule has 1 fully saturated rings. The van der Waals surface area contributed by atoms with Gasteiger partial charge in [0.2, 0.25) is 0 Å². The summed E-state index contributed by atoms with van der Waals surface area (Å²) in [6, 6.07) is 3.28. The predicted octanol–water partition coefficient (Wildman–Crippen LogP) is 4.91. The summed E-state index contributed by atoms with van der Waals surface area (Å²) in [7, 11) is 0. The van der Waals surface area contributed by atoms with Crippen LogP contribution in [0.4, 0.5) is 0 Å². The van der Waals surface area contributed by atoms with Crippen LogP contribution < -0.4 is 5.32 Å². The second kappa shape index (κ2) is 6.60. The number of rotatable bonds is 5. The molecule has 0 bridgehead atoms. The molecule has 1 saturated carbocycles. The van der Waals surface area contributed by atoms with Gasteiger partial charge in [0.05, 0.1) is 0 Å². The number of furan rings is 1. The molecular formula is C17H29NO. The zero-order valence-corrected chi connectivity index (χ0v) is 13.0. The van der Waals surface area contributed by atoms with Gasteiger partial charge in [-0.05, 0) is 58.4 Å². The smallest absolute Gasteiger partial charge is 0.105 e. The van der Waals surface area contributed by atoms with Gasteiger partial charge in [-0.2, -0.15) is 0 Å². The van der Waals surface area contributed by atoms with Gasteiger partial charge in [0.25, 0.3) is 0 Å². The Morgan fingerprint density at radius 1 is 1.26 bits per heavy atom. The third kappa shape index (κ3) is 3.85. The van der Waals surface area contributed by atoms with Gasteiger partial charge in [0.1, 0.15) is 11.5 Å². The first-order valence-corrected chi connectivity index (χ1v) is 7.93. The van der Waals surface area contributed by atoms with Gasteiger partial charge in [-0.25, -0.2) is 0 Å². The fourth-order valence-electron chi connectivity index (χ4n) is 3.55. The molecule has 0 aliphatic heterocycles. The fraction of sp³-hybridized carbons (Fsp3) is 0.765. The number of hydrogen-bond acceptors (Lipinski definition) is 2. The highest BCUT2D eigenvalue weighted by Gasteiger charge is 2.23. The standard InChI is InChI=1S/C17H29NO/c1-5-6-15-7-9-16(10-8-15)18-13(3)17-11-12(2)19-14(17)4/h11,13,15-16,18H,5-10H2,1-4H3. The monoisotopic (exact) mass is 263 g/mol. The summed E-state index contributed by atoms with van der Waals surface area (Å²) in [6.07, 6.45) is 8.24.